The lowest BCUT2D eigenvalue weighted by atomic mass is 9.70. The van der Waals surface area contributed by atoms with Gasteiger partial charge in [-0.05, 0) is 19.0 Å². The molecule has 3 aromatic rings. The van der Waals surface area contributed by atoms with Gasteiger partial charge < -0.3 is 24.4 Å². The minimum absolute atomic E-state index is 0.110. The molecule has 3 aromatic carbocycles. The monoisotopic (exact) mass is 519 g/mol. The molecule has 196 valence electrons. The molecule has 9 nitrogen and oxygen atoms in total. The lowest BCUT2D eigenvalue weighted by Gasteiger charge is -2.38. The fourth-order valence-corrected chi connectivity index (χ4v) is 4.39. The van der Waals surface area contributed by atoms with E-state index in [2.05, 4.69) is 0 Å². The molecule has 1 fully saturated rings. The first kappa shape index (κ1) is 25.5. The number of carbonyl (C=O) groups is 4. The lowest BCUT2D eigenvalue weighted by Crippen LogP contribution is -2.69. The van der Waals surface area contributed by atoms with Gasteiger partial charge in [-0.15, -0.1) is 0 Å². The topological polar surface area (TPSA) is 136 Å². The van der Waals surface area contributed by atoms with Crippen LogP contribution in [0.3, 0.4) is 0 Å². The first-order chi connectivity index (χ1) is 18.6. The van der Waals surface area contributed by atoms with E-state index in [0.29, 0.717) is 0 Å². The molecule has 1 unspecified atom stereocenters. The molecule has 0 amide bonds. The van der Waals surface area contributed by atoms with Crippen LogP contribution in [0.5, 0.6) is 0 Å². The highest BCUT2D eigenvalue weighted by molar-refractivity contribution is 6.13. The lowest BCUT2D eigenvalue weighted by molar-refractivity contribution is -0.202. The molecule has 9 heteroatoms. The van der Waals surface area contributed by atoms with Crippen molar-refractivity contribution in [3.05, 3.63) is 108 Å². The zero-order valence-electron chi connectivity index (χ0n) is 21.4. The molecule has 0 radical (unpaired) electrons. The maximum atomic E-state index is 14.0. The molecule has 0 aliphatic carbocycles. The van der Waals surface area contributed by atoms with Crippen LogP contribution < -0.4 is 0 Å². The summed E-state index contributed by atoms with van der Waals surface area (Å²) in [5.41, 5.74) is -6.48. The van der Waals surface area contributed by atoms with E-state index in [4.69, 9.17) is 15.6 Å². The average molecular weight is 520 g/mol. The number of esters is 2. The van der Waals surface area contributed by atoms with Crippen molar-refractivity contribution >= 4 is 23.5 Å². The van der Waals surface area contributed by atoms with E-state index in [1.54, 1.807) is 30.3 Å². The molecule has 0 spiro atoms. The largest absolute Gasteiger partial charge is 0.456 e. The number of carbonyl (C=O) groups excluding carboxylic acids is 4. The van der Waals surface area contributed by atoms with Crippen molar-refractivity contribution in [3.63, 3.8) is 0 Å². The van der Waals surface area contributed by atoms with E-state index in [1.807, 2.05) is 0 Å². The van der Waals surface area contributed by atoms with E-state index in [-0.39, 0.29) is 16.7 Å². The maximum absolute atomic E-state index is 14.0. The van der Waals surface area contributed by atoms with E-state index in [9.17, 15) is 29.4 Å². The molecule has 1 aliphatic heterocycles. The zero-order valence-corrected chi connectivity index (χ0v) is 20.4. The molecule has 1 heterocycles. The second-order valence-electron chi connectivity index (χ2n) is 8.73. The summed E-state index contributed by atoms with van der Waals surface area (Å²) in [7, 11) is 0. The molecule has 0 bridgehead atoms. The fourth-order valence-electron chi connectivity index (χ4n) is 4.39. The molecule has 0 saturated carbocycles. The van der Waals surface area contributed by atoms with Crippen molar-refractivity contribution in [1.82, 2.24) is 0 Å². The molecule has 38 heavy (non-hydrogen) atoms. The predicted molar refractivity (Wildman–Crippen MR) is 133 cm³/mol. The van der Waals surface area contributed by atoms with Crippen LogP contribution in [0.15, 0.2) is 91.0 Å². The molecule has 0 aromatic heterocycles. The Hall–Kier alpha value is -4.18. The van der Waals surface area contributed by atoms with Crippen molar-refractivity contribution in [2.45, 2.75) is 43.5 Å². The number of ketones is 2. The van der Waals surface area contributed by atoms with Gasteiger partial charge in [0.25, 0.3) is 0 Å². The number of rotatable bonds is 8. The minimum Gasteiger partial charge on any atom is -0.456 e. The second-order valence-corrected chi connectivity index (χ2v) is 8.73. The van der Waals surface area contributed by atoms with Gasteiger partial charge in [-0.3, -0.25) is 14.4 Å². The SMILES string of the molecule is [2H]C[C@H](OC(=O)c1ccccc1)[C@H]1OC(OC(C)=O)[C@@](O)(C(=O)c2ccccc2)[C@@]1(O)C(=O)c1ccccc1. The van der Waals surface area contributed by atoms with Crippen LogP contribution in [0.1, 0.15) is 46.3 Å². The Balaban J connectivity index is 1.88. The number of Topliss-reactive ketones (excluding diaryl/α,β-unsaturated/α-hetero) is 2. The van der Waals surface area contributed by atoms with Crippen molar-refractivity contribution in [1.29, 1.82) is 0 Å². The van der Waals surface area contributed by atoms with Crippen LogP contribution in [-0.4, -0.2) is 63.4 Å². The summed E-state index contributed by atoms with van der Waals surface area (Å²) in [6, 6.07) is 22.3. The molecular weight excluding hydrogens is 492 g/mol. The highest BCUT2D eigenvalue weighted by Crippen LogP contribution is 2.46. The van der Waals surface area contributed by atoms with Crippen molar-refractivity contribution in [2.24, 2.45) is 0 Å². The van der Waals surface area contributed by atoms with Crippen LogP contribution in [0.25, 0.3) is 0 Å². The number of benzene rings is 3. The zero-order chi connectivity index (χ0) is 28.2. The first-order valence-electron chi connectivity index (χ1n) is 12.4. The van der Waals surface area contributed by atoms with Gasteiger partial charge in [0.05, 0.1) is 5.56 Å². The van der Waals surface area contributed by atoms with Crippen molar-refractivity contribution in [3.8, 4) is 0 Å². The molecule has 4 rings (SSSR count). The summed E-state index contributed by atoms with van der Waals surface area (Å²) in [5.74, 6) is -4.23. The Morgan fingerprint density at radius 2 is 1.24 bits per heavy atom. The number of hydrogen-bond donors (Lipinski definition) is 2. The van der Waals surface area contributed by atoms with Gasteiger partial charge in [-0.25, -0.2) is 4.79 Å². The van der Waals surface area contributed by atoms with E-state index < -0.39 is 60.1 Å². The fraction of sp³-hybridized carbons (Fsp3) is 0.241. The summed E-state index contributed by atoms with van der Waals surface area (Å²) in [6.45, 7) is 0.246. The van der Waals surface area contributed by atoms with Crippen LogP contribution in [0.4, 0.5) is 0 Å². The Morgan fingerprint density at radius 1 is 0.789 bits per heavy atom. The Kier molecular flexibility index (Phi) is 7.15. The van der Waals surface area contributed by atoms with Gasteiger partial charge in [0.15, 0.2) is 5.60 Å². The van der Waals surface area contributed by atoms with Crippen LogP contribution in [-0.2, 0) is 19.0 Å². The van der Waals surface area contributed by atoms with Gasteiger partial charge in [-0.2, -0.15) is 0 Å². The van der Waals surface area contributed by atoms with Gasteiger partial charge in [0.1, 0.15) is 12.2 Å². The smallest absolute Gasteiger partial charge is 0.338 e. The first-order valence-corrected chi connectivity index (χ1v) is 11.7. The summed E-state index contributed by atoms with van der Waals surface area (Å²) in [4.78, 5) is 52.6. The third-order valence-corrected chi connectivity index (χ3v) is 6.25. The molecule has 1 aliphatic rings. The molecule has 2 N–H and O–H groups in total. The Labute approximate surface area is 220 Å². The number of ether oxygens (including phenoxy) is 3. The van der Waals surface area contributed by atoms with Crippen LogP contribution >= 0.6 is 0 Å². The van der Waals surface area contributed by atoms with Crippen LogP contribution in [0.2, 0.25) is 0 Å². The highest BCUT2D eigenvalue weighted by atomic mass is 16.7. The summed E-state index contributed by atoms with van der Waals surface area (Å²) in [6.07, 6.45) is -5.85. The molecule has 1 saturated heterocycles. The average Bonchev–Trinajstić information content (AvgIpc) is 3.19. The van der Waals surface area contributed by atoms with E-state index >= 15 is 0 Å². The number of aliphatic hydroxyl groups is 2. The molecular formula is C29H26O9. The molecule has 5 atom stereocenters. The quantitative estimate of drug-likeness (QED) is 0.340. The van der Waals surface area contributed by atoms with Gasteiger partial charge in [0, 0.05) is 19.4 Å². The van der Waals surface area contributed by atoms with Gasteiger partial charge in [0.2, 0.25) is 23.5 Å². The van der Waals surface area contributed by atoms with E-state index in [1.165, 1.54) is 60.7 Å². The van der Waals surface area contributed by atoms with Gasteiger partial charge in [-0.1, -0.05) is 78.9 Å². The third-order valence-electron chi connectivity index (χ3n) is 6.25. The van der Waals surface area contributed by atoms with Gasteiger partial charge >= 0.3 is 11.9 Å². The Bertz CT molecular complexity index is 1350. The normalized spacial score (nSPS) is 25.6. The predicted octanol–water partition coefficient (Wildman–Crippen LogP) is 2.75. The summed E-state index contributed by atoms with van der Waals surface area (Å²) >= 11 is 0. The summed E-state index contributed by atoms with van der Waals surface area (Å²) < 4.78 is 24.3. The minimum atomic E-state index is -3.19. The van der Waals surface area contributed by atoms with Crippen molar-refractivity contribution in [2.75, 3.05) is 0 Å². The Morgan fingerprint density at radius 3 is 1.68 bits per heavy atom. The van der Waals surface area contributed by atoms with E-state index in [0.717, 1.165) is 6.92 Å². The highest BCUT2D eigenvalue weighted by Gasteiger charge is 2.76. The maximum Gasteiger partial charge on any atom is 0.338 e. The summed E-state index contributed by atoms with van der Waals surface area (Å²) in [5, 5.41) is 24.2. The van der Waals surface area contributed by atoms with Crippen LogP contribution in [0, 0.1) is 0 Å². The third kappa shape index (κ3) is 4.63. The van der Waals surface area contributed by atoms with Crippen molar-refractivity contribution < 1.29 is 45.0 Å². The standard InChI is InChI=1S/C29H26O9/c1-18(36-26(33)22-16-10-5-11-17-22)25-28(34,23(31)20-12-6-3-7-13-20)29(35,27(38-25)37-19(2)30)24(32)21-14-8-4-9-15-21/h3-18,25,27,34-35H,1-2H3/t18-,25+,27?,28+,29-/m0/s1/i1D. The second kappa shape index (κ2) is 10.7. The number of hydrogen-bond acceptors (Lipinski definition) is 9.